The molecule has 1 heteroatoms. The van der Waals surface area contributed by atoms with E-state index in [4.69, 9.17) is 0 Å². The molecule has 0 saturated heterocycles. The van der Waals surface area contributed by atoms with Gasteiger partial charge in [-0.3, -0.25) is 0 Å². The first kappa shape index (κ1) is 10.2. The van der Waals surface area contributed by atoms with Crippen LogP contribution in [0.3, 0.4) is 0 Å². The molecule has 0 heterocycles. The summed E-state index contributed by atoms with van der Waals surface area (Å²) in [5.74, 6) is 1.38. The third kappa shape index (κ3) is 1.75. The molecule has 0 amide bonds. The maximum Gasteiger partial charge on any atom is 0.0712 e. The van der Waals surface area contributed by atoms with Crippen molar-refractivity contribution in [2.45, 2.75) is 57.0 Å². The lowest BCUT2D eigenvalue weighted by molar-refractivity contribution is -0.0855. The monoisotopic (exact) mass is 194 g/mol. The Kier molecular flexibility index (Phi) is 2.96. The van der Waals surface area contributed by atoms with Gasteiger partial charge in [0, 0.05) is 0 Å². The zero-order chi connectivity index (χ0) is 10.0. The molecule has 14 heavy (non-hydrogen) atoms. The average molecular weight is 194 g/mol. The van der Waals surface area contributed by atoms with Crippen molar-refractivity contribution in [3.8, 4) is 0 Å². The van der Waals surface area contributed by atoms with Gasteiger partial charge in [-0.25, -0.2) is 0 Å². The van der Waals surface area contributed by atoms with Gasteiger partial charge in [-0.15, -0.1) is 6.58 Å². The Bertz CT molecular complexity index is 209. The van der Waals surface area contributed by atoms with Crippen LogP contribution in [0, 0.1) is 11.8 Å². The first-order chi connectivity index (χ1) is 6.76. The summed E-state index contributed by atoms with van der Waals surface area (Å²) < 4.78 is 0. The van der Waals surface area contributed by atoms with E-state index in [0.29, 0.717) is 5.92 Å². The summed E-state index contributed by atoms with van der Waals surface area (Å²) in [6, 6.07) is 0. The Labute approximate surface area is 87.2 Å². The van der Waals surface area contributed by atoms with Gasteiger partial charge >= 0.3 is 0 Å². The van der Waals surface area contributed by atoms with Gasteiger partial charge < -0.3 is 5.11 Å². The fourth-order valence-electron chi connectivity index (χ4n) is 3.62. The number of aliphatic hydroxyl groups is 1. The Hall–Kier alpha value is -0.300. The summed E-state index contributed by atoms with van der Waals surface area (Å²) in [5.41, 5.74) is -0.398. The maximum atomic E-state index is 10.6. The normalized spacial score (nSPS) is 42.9. The minimum atomic E-state index is -0.398. The molecule has 0 aromatic rings. The Balaban J connectivity index is 2.11. The smallest absolute Gasteiger partial charge is 0.0712 e. The van der Waals surface area contributed by atoms with Crippen LogP contribution >= 0.6 is 0 Å². The number of rotatable bonds is 2. The van der Waals surface area contributed by atoms with Crippen molar-refractivity contribution in [1.29, 1.82) is 0 Å². The van der Waals surface area contributed by atoms with Crippen LogP contribution in [0.4, 0.5) is 0 Å². The van der Waals surface area contributed by atoms with Crippen LogP contribution in [-0.2, 0) is 0 Å². The van der Waals surface area contributed by atoms with Crippen molar-refractivity contribution in [2.24, 2.45) is 11.8 Å². The lowest BCUT2D eigenvalue weighted by atomic mass is 9.62. The third-order valence-electron chi connectivity index (χ3n) is 4.28. The van der Waals surface area contributed by atoms with Gasteiger partial charge in [-0.2, -0.15) is 0 Å². The summed E-state index contributed by atoms with van der Waals surface area (Å²) in [6.45, 7) is 3.78. The predicted molar refractivity (Wildman–Crippen MR) is 59.1 cm³/mol. The highest BCUT2D eigenvalue weighted by Crippen LogP contribution is 2.47. The molecule has 80 valence electrons. The van der Waals surface area contributed by atoms with Crippen molar-refractivity contribution in [1.82, 2.24) is 0 Å². The molecule has 2 fully saturated rings. The molecule has 1 nitrogen and oxygen atoms in total. The van der Waals surface area contributed by atoms with E-state index in [1.807, 2.05) is 6.08 Å². The number of fused-ring (bicyclic) bond motifs is 1. The highest BCUT2D eigenvalue weighted by atomic mass is 16.3. The fourth-order valence-corrected chi connectivity index (χ4v) is 3.62. The van der Waals surface area contributed by atoms with Crippen LogP contribution in [0.5, 0.6) is 0 Å². The molecular weight excluding hydrogens is 172 g/mol. The molecule has 2 aliphatic carbocycles. The molecule has 3 atom stereocenters. The fraction of sp³-hybridized carbons (Fsp3) is 0.846. The molecule has 0 unspecified atom stereocenters. The molecular formula is C13H22O. The Morgan fingerprint density at radius 3 is 2.71 bits per heavy atom. The van der Waals surface area contributed by atoms with Crippen molar-refractivity contribution >= 4 is 0 Å². The quantitative estimate of drug-likeness (QED) is 0.669. The molecule has 0 spiro atoms. The van der Waals surface area contributed by atoms with Gasteiger partial charge in [0.25, 0.3) is 0 Å². The van der Waals surface area contributed by atoms with Crippen molar-refractivity contribution in [2.75, 3.05) is 0 Å². The van der Waals surface area contributed by atoms with Crippen LogP contribution < -0.4 is 0 Å². The molecule has 2 rings (SSSR count). The highest BCUT2D eigenvalue weighted by molar-refractivity contribution is 4.98. The molecule has 0 radical (unpaired) electrons. The van der Waals surface area contributed by atoms with Gasteiger partial charge in [0.2, 0.25) is 0 Å². The summed E-state index contributed by atoms with van der Waals surface area (Å²) in [7, 11) is 0. The van der Waals surface area contributed by atoms with Crippen LogP contribution in [0.15, 0.2) is 12.7 Å². The lowest BCUT2D eigenvalue weighted by Crippen LogP contribution is -2.46. The van der Waals surface area contributed by atoms with E-state index in [9.17, 15) is 5.11 Å². The maximum absolute atomic E-state index is 10.6. The van der Waals surface area contributed by atoms with Crippen molar-refractivity contribution in [3.05, 3.63) is 12.7 Å². The largest absolute Gasteiger partial charge is 0.389 e. The van der Waals surface area contributed by atoms with Crippen LogP contribution in [0.2, 0.25) is 0 Å². The minimum absolute atomic E-state index is 0.398. The first-order valence-corrected chi connectivity index (χ1v) is 6.09. The van der Waals surface area contributed by atoms with E-state index in [1.165, 1.54) is 38.5 Å². The molecule has 2 aliphatic rings. The number of hydrogen-bond acceptors (Lipinski definition) is 1. The summed E-state index contributed by atoms with van der Waals surface area (Å²) in [4.78, 5) is 0. The zero-order valence-corrected chi connectivity index (χ0v) is 9.04. The van der Waals surface area contributed by atoms with Gasteiger partial charge in [0.1, 0.15) is 0 Å². The second-order valence-electron chi connectivity index (χ2n) is 5.14. The first-order valence-electron chi connectivity index (χ1n) is 6.09. The van der Waals surface area contributed by atoms with E-state index in [0.717, 1.165) is 18.8 Å². The van der Waals surface area contributed by atoms with Crippen LogP contribution in [0.25, 0.3) is 0 Å². The standard InChI is InChI=1S/C13H22O/c1-2-9-13(14)10-5-7-11-6-3-4-8-12(11)13/h2,11-12,14H,1,3-10H2/t11-,12+,13-/m1/s1. The predicted octanol–water partition coefficient (Wildman–Crippen LogP) is 3.28. The van der Waals surface area contributed by atoms with Gasteiger partial charge in [0.15, 0.2) is 0 Å². The van der Waals surface area contributed by atoms with Crippen LogP contribution in [-0.4, -0.2) is 10.7 Å². The summed E-state index contributed by atoms with van der Waals surface area (Å²) >= 11 is 0. The summed E-state index contributed by atoms with van der Waals surface area (Å²) in [5, 5.41) is 10.6. The molecule has 1 N–H and O–H groups in total. The van der Waals surface area contributed by atoms with Crippen molar-refractivity contribution < 1.29 is 5.11 Å². The Morgan fingerprint density at radius 2 is 1.93 bits per heavy atom. The third-order valence-corrected chi connectivity index (χ3v) is 4.28. The van der Waals surface area contributed by atoms with Gasteiger partial charge in [0.05, 0.1) is 5.60 Å². The zero-order valence-electron chi connectivity index (χ0n) is 9.04. The van der Waals surface area contributed by atoms with E-state index >= 15 is 0 Å². The highest BCUT2D eigenvalue weighted by Gasteiger charge is 2.43. The van der Waals surface area contributed by atoms with E-state index < -0.39 is 5.60 Å². The summed E-state index contributed by atoms with van der Waals surface area (Å²) in [6.07, 6.45) is 11.6. The molecule has 0 aromatic heterocycles. The minimum Gasteiger partial charge on any atom is -0.389 e. The van der Waals surface area contributed by atoms with E-state index in [-0.39, 0.29) is 0 Å². The van der Waals surface area contributed by atoms with Crippen LogP contribution in [0.1, 0.15) is 51.4 Å². The molecule has 2 saturated carbocycles. The second-order valence-corrected chi connectivity index (χ2v) is 5.14. The number of hydrogen-bond donors (Lipinski definition) is 1. The van der Waals surface area contributed by atoms with E-state index in [1.54, 1.807) is 0 Å². The average Bonchev–Trinajstić information content (AvgIpc) is 2.19. The van der Waals surface area contributed by atoms with Gasteiger partial charge in [-0.1, -0.05) is 31.8 Å². The molecule has 0 bridgehead atoms. The molecule has 0 aliphatic heterocycles. The van der Waals surface area contributed by atoms with Gasteiger partial charge in [-0.05, 0) is 37.5 Å². The Morgan fingerprint density at radius 1 is 1.21 bits per heavy atom. The topological polar surface area (TPSA) is 20.2 Å². The SMILES string of the molecule is C=CC[C@@]1(O)CCC[C@H]2CCCC[C@@H]21. The van der Waals surface area contributed by atoms with Crippen molar-refractivity contribution in [3.63, 3.8) is 0 Å². The second kappa shape index (κ2) is 4.06. The lowest BCUT2D eigenvalue weighted by Gasteiger charge is -2.47. The molecule has 0 aromatic carbocycles. The van der Waals surface area contributed by atoms with E-state index in [2.05, 4.69) is 6.58 Å².